The number of pyridine rings is 1. The molecule has 6 nitrogen and oxygen atoms in total. The van der Waals surface area contributed by atoms with E-state index in [0.29, 0.717) is 30.5 Å². The Morgan fingerprint density at radius 3 is 2.83 bits per heavy atom. The Hall–Kier alpha value is -2.77. The van der Waals surface area contributed by atoms with Gasteiger partial charge in [0, 0.05) is 36.3 Å². The number of benzene rings is 1. The van der Waals surface area contributed by atoms with E-state index in [-0.39, 0.29) is 17.9 Å². The van der Waals surface area contributed by atoms with Crippen molar-refractivity contribution in [2.75, 3.05) is 25.0 Å². The molecule has 0 bridgehead atoms. The molecule has 30 heavy (non-hydrogen) atoms. The number of ether oxygens (including phenoxy) is 1. The third-order valence-electron chi connectivity index (χ3n) is 5.77. The molecule has 2 aliphatic rings. The number of thiophene rings is 1. The van der Waals surface area contributed by atoms with Crippen LogP contribution in [0.25, 0.3) is 10.2 Å². The second-order valence-electron chi connectivity index (χ2n) is 7.84. The Balaban J connectivity index is 1.52. The van der Waals surface area contributed by atoms with E-state index in [1.54, 1.807) is 18.0 Å². The Morgan fingerprint density at radius 1 is 1.20 bits per heavy atom. The van der Waals surface area contributed by atoms with E-state index in [0.717, 1.165) is 21.5 Å². The smallest absolute Gasteiger partial charge is 0.266 e. The van der Waals surface area contributed by atoms with Crippen molar-refractivity contribution < 1.29 is 14.3 Å². The van der Waals surface area contributed by atoms with E-state index >= 15 is 0 Å². The number of aromatic nitrogens is 1. The highest BCUT2D eigenvalue weighted by molar-refractivity contribution is 7.20. The summed E-state index contributed by atoms with van der Waals surface area (Å²) in [6, 6.07) is 11.9. The lowest BCUT2D eigenvalue weighted by Gasteiger charge is -2.32. The zero-order valence-electron chi connectivity index (χ0n) is 16.8. The van der Waals surface area contributed by atoms with Crippen molar-refractivity contribution in [1.29, 1.82) is 0 Å². The molecule has 3 aromatic rings. The van der Waals surface area contributed by atoms with Gasteiger partial charge in [0.15, 0.2) is 0 Å². The van der Waals surface area contributed by atoms with Crippen LogP contribution in [0.4, 0.5) is 5.69 Å². The van der Waals surface area contributed by atoms with Gasteiger partial charge in [0.25, 0.3) is 5.91 Å². The maximum absolute atomic E-state index is 13.4. The summed E-state index contributed by atoms with van der Waals surface area (Å²) in [6.45, 7) is 3.03. The van der Waals surface area contributed by atoms with Crippen LogP contribution in [0.3, 0.4) is 0 Å². The molecule has 0 spiro atoms. The van der Waals surface area contributed by atoms with Crippen LogP contribution in [0.2, 0.25) is 0 Å². The maximum Gasteiger partial charge on any atom is 0.266 e. The van der Waals surface area contributed by atoms with Gasteiger partial charge in [0.2, 0.25) is 5.91 Å². The second-order valence-corrected chi connectivity index (χ2v) is 8.84. The van der Waals surface area contributed by atoms with Gasteiger partial charge in [-0.15, -0.1) is 11.3 Å². The molecule has 1 saturated carbocycles. The van der Waals surface area contributed by atoms with Gasteiger partial charge in [0.05, 0.1) is 13.2 Å². The molecular formula is C23H23N3O3S. The standard InChI is InChI=1S/C23H23N3O3S/c1-14(27)26-11-12-29-19(13-26)20-17-6-4-10-24-23(17)30-21(20)22(28)25-18-7-3-2-5-16(18)15-8-9-15/h2-7,10,15,19H,8-9,11-13H2,1H3,(H,25,28). The number of morpholine rings is 1. The summed E-state index contributed by atoms with van der Waals surface area (Å²) in [5.41, 5.74) is 2.90. The summed E-state index contributed by atoms with van der Waals surface area (Å²) in [6.07, 6.45) is 3.72. The number of rotatable bonds is 4. The van der Waals surface area contributed by atoms with Crippen LogP contribution in [-0.4, -0.2) is 41.4 Å². The minimum atomic E-state index is -0.347. The van der Waals surface area contributed by atoms with Crippen molar-refractivity contribution in [2.45, 2.75) is 31.8 Å². The molecule has 1 aliphatic heterocycles. The monoisotopic (exact) mass is 421 g/mol. The van der Waals surface area contributed by atoms with Crippen molar-refractivity contribution in [1.82, 2.24) is 9.88 Å². The molecule has 1 atom stereocenters. The van der Waals surface area contributed by atoms with Gasteiger partial charge >= 0.3 is 0 Å². The summed E-state index contributed by atoms with van der Waals surface area (Å²) < 4.78 is 6.03. The lowest BCUT2D eigenvalue weighted by atomic mass is 10.0. The molecule has 1 aliphatic carbocycles. The molecule has 0 radical (unpaired) electrons. The summed E-state index contributed by atoms with van der Waals surface area (Å²) >= 11 is 1.38. The number of nitrogens with zero attached hydrogens (tertiary/aromatic N) is 2. The zero-order valence-corrected chi connectivity index (χ0v) is 17.6. The molecule has 1 aromatic carbocycles. The number of hydrogen-bond donors (Lipinski definition) is 1. The Morgan fingerprint density at radius 2 is 2.03 bits per heavy atom. The molecule has 3 heterocycles. The average molecular weight is 422 g/mol. The highest BCUT2D eigenvalue weighted by atomic mass is 32.1. The largest absolute Gasteiger partial charge is 0.370 e. The van der Waals surface area contributed by atoms with Gasteiger partial charge in [-0.1, -0.05) is 24.3 Å². The van der Waals surface area contributed by atoms with Crippen molar-refractivity contribution in [3.8, 4) is 0 Å². The maximum atomic E-state index is 13.4. The van der Waals surface area contributed by atoms with E-state index in [9.17, 15) is 9.59 Å². The molecule has 154 valence electrons. The van der Waals surface area contributed by atoms with E-state index in [2.05, 4.69) is 16.4 Å². The number of fused-ring (bicyclic) bond motifs is 1. The summed E-state index contributed by atoms with van der Waals surface area (Å²) in [5.74, 6) is 0.408. The molecule has 5 rings (SSSR count). The zero-order chi connectivity index (χ0) is 20.7. The van der Waals surface area contributed by atoms with Crippen LogP contribution < -0.4 is 5.32 Å². The van der Waals surface area contributed by atoms with Crippen LogP contribution in [0.5, 0.6) is 0 Å². The number of amides is 2. The minimum Gasteiger partial charge on any atom is -0.370 e. The third kappa shape index (κ3) is 3.59. The number of carbonyl (C=O) groups excluding carboxylic acids is 2. The number of anilines is 1. The fourth-order valence-electron chi connectivity index (χ4n) is 4.09. The first-order valence-corrected chi connectivity index (χ1v) is 11.1. The highest BCUT2D eigenvalue weighted by Crippen LogP contribution is 2.44. The average Bonchev–Trinajstić information content (AvgIpc) is 3.53. The SMILES string of the molecule is CC(=O)N1CCOC(c2c(C(=O)Nc3ccccc3C3CC3)sc3ncccc23)C1. The second kappa shape index (κ2) is 7.81. The number of carbonyl (C=O) groups is 2. The van der Waals surface area contributed by atoms with Crippen molar-refractivity contribution >= 4 is 39.1 Å². The van der Waals surface area contributed by atoms with Gasteiger partial charge in [-0.3, -0.25) is 9.59 Å². The number of hydrogen-bond acceptors (Lipinski definition) is 5. The van der Waals surface area contributed by atoms with Crippen molar-refractivity contribution in [3.63, 3.8) is 0 Å². The summed E-state index contributed by atoms with van der Waals surface area (Å²) in [7, 11) is 0. The van der Waals surface area contributed by atoms with Gasteiger partial charge in [-0.2, -0.15) is 0 Å². The van der Waals surface area contributed by atoms with Gasteiger partial charge in [-0.25, -0.2) is 4.98 Å². The van der Waals surface area contributed by atoms with E-state index in [1.807, 2.05) is 30.3 Å². The Kier molecular flexibility index (Phi) is 5.00. The topological polar surface area (TPSA) is 71.5 Å². The first kappa shape index (κ1) is 19.2. The lowest BCUT2D eigenvalue weighted by Crippen LogP contribution is -2.41. The lowest BCUT2D eigenvalue weighted by molar-refractivity contribution is -0.136. The van der Waals surface area contributed by atoms with E-state index in [1.165, 1.54) is 29.7 Å². The molecular weight excluding hydrogens is 398 g/mol. The molecule has 7 heteroatoms. The molecule has 1 saturated heterocycles. The van der Waals surface area contributed by atoms with Crippen LogP contribution in [-0.2, 0) is 9.53 Å². The Bertz CT molecular complexity index is 1120. The van der Waals surface area contributed by atoms with E-state index < -0.39 is 0 Å². The molecule has 2 aromatic heterocycles. The first-order chi connectivity index (χ1) is 14.6. The van der Waals surface area contributed by atoms with Gasteiger partial charge in [0.1, 0.15) is 15.8 Å². The van der Waals surface area contributed by atoms with Crippen LogP contribution in [0.15, 0.2) is 42.6 Å². The van der Waals surface area contributed by atoms with Crippen molar-refractivity contribution in [3.05, 3.63) is 58.6 Å². The fraction of sp³-hybridized carbons (Fsp3) is 0.348. The first-order valence-electron chi connectivity index (χ1n) is 10.3. The minimum absolute atomic E-state index is 0.0188. The third-order valence-corrected chi connectivity index (χ3v) is 6.90. The number of nitrogens with one attached hydrogen (secondary N) is 1. The normalized spacial score (nSPS) is 19.1. The summed E-state index contributed by atoms with van der Waals surface area (Å²) in [4.78, 5) is 33.0. The Labute approximate surface area is 178 Å². The van der Waals surface area contributed by atoms with Gasteiger partial charge in [-0.05, 0) is 36.5 Å². The van der Waals surface area contributed by atoms with Crippen molar-refractivity contribution in [2.24, 2.45) is 0 Å². The molecule has 1 unspecified atom stereocenters. The number of para-hydroxylation sites is 1. The summed E-state index contributed by atoms with van der Waals surface area (Å²) in [5, 5.41) is 4.05. The van der Waals surface area contributed by atoms with Crippen LogP contribution in [0.1, 0.15) is 52.6 Å². The van der Waals surface area contributed by atoms with Crippen LogP contribution >= 0.6 is 11.3 Å². The predicted molar refractivity (Wildman–Crippen MR) is 117 cm³/mol. The fourth-order valence-corrected chi connectivity index (χ4v) is 5.18. The highest BCUT2D eigenvalue weighted by Gasteiger charge is 2.32. The molecule has 1 N–H and O–H groups in total. The quantitative estimate of drug-likeness (QED) is 0.680. The van der Waals surface area contributed by atoms with E-state index in [4.69, 9.17) is 4.74 Å². The predicted octanol–water partition coefficient (Wildman–Crippen LogP) is 4.35. The molecule has 2 amide bonds. The van der Waals surface area contributed by atoms with Crippen LogP contribution in [0, 0.1) is 0 Å². The molecule has 2 fully saturated rings. The van der Waals surface area contributed by atoms with Gasteiger partial charge < -0.3 is 15.0 Å².